The molecule has 0 aliphatic heterocycles. The highest BCUT2D eigenvalue weighted by atomic mass is 16.5. The lowest BCUT2D eigenvalue weighted by molar-refractivity contribution is -0.141. The molecule has 3 rings (SSSR count). The molecule has 0 bridgehead atoms. The molecular weight excluding hydrogens is 458 g/mol. The zero-order valence-corrected chi connectivity index (χ0v) is 21.4. The van der Waals surface area contributed by atoms with E-state index in [9.17, 15) is 14.4 Å². The molecule has 0 saturated carbocycles. The van der Waals surface area contributed by atoms with E-state index in [0.717, 1.165) is 28.1 Å². The summed E-state index contributed by atoms with van der Waals surface area (Å²) in [5.74, 6) is -0.410. The number of benzene rings is 2. The van der Waals surface area contributed by atoms with Gasteiger partial charge in [-0.1, -0.05) is 48.0 Å². The van der Waals surface area contributed by atoms with Crippen molar-refractivity contribution in [1.82, 2.24) is 20.0 Å². The molecule has 3 aromatic rings. The molecule has 0 unspecified atom stereocenters. The molecule has 2 N–H and O–H groups in total. The Labute approximate surface area is 211 Å². The topological polar surface area (TPSA) is 106 Å². The van der Waals surface area contributed by atoms with Gasteiger partial charge in [0.1, 0.15) is 18.9 Å². The number of hydrogen-bond acceptors (Lipinski definition) is 5. The third kappa shape index (κ3) is 6.50. The van der Waals surface area contributed by atoms with E-state index < -0.39 is 12.0 Å². The van der Waals surface area contributed by atoms with Crippen LogP contribution >= 0.6 is 0 Å². The molecule has 0 fully saturated rings. The number of rotatable bonds is 9. The lowest BCUT2D eigenvalue weighted by Crippen LogP contribution is -2.48. The minimum Gasteiger partial charge on any atom is -0.465 e. The largest absolute Gasteiger partial charge is 0.465 e. The lowest BCUT2D eigenvalue weighted by Gasteiger charge is -2.26. The molecule has 190 valence electrons. The Kier molecular flexibility index (Phi) is 8.83. The molecule has 9 heteroatoms. The fourth-order valence-corrected chi connectivity index (χ4v) is 3.74. The Morgan fingerprint density at radius 2 is 1.69 bits per heavy atom. The number of nitrogens with zero attached hydrogens (tertiary/aromatic N) is 3. The number of hydrogen-bond donors (Lipinski definition) is 2. The highest BCUT2D eigenvalue weighted by molar-refractivity contribution is 5.98. The summed E-state index contributed by atoms with van der Waals surface area (Å²) in [6.45, 7) is 8.93. The fourth-order valence-electron chi connectivity index (χ4n) is 3.74. The summed E-state index contributed by atoms with van der Waals surface area (Å²) in [4.78, 5) is 38.9. The summed E-state index contributed by atoms with van der Waals surface area (Å²) in [5.41, 5.74) is 4.38. The highest BCUT2D eigenvalue weighted by Crippen LogP contribution is 2.33. The molecule has 3 amide bonds. The van der Waals surface area contributed by atoms with E-state index in [1.807, 2.05) is 68.4 Å². The van der Waals surface area contributed by atoms with Gasteiger partial charge in [0, 0.05) is 11.6 Å². The van der Waals surface area contributed by atoms with Gasteiger partial charge in [-0.15, -0.1) is 0 Å². The predicted molar refractivity (Wildman–Crippen MR) is 139 cm³/mol. The van der Waals surface area contributed by atoms with E-state index in [0.29, 0.717) is 5.82 Å². The van der Waals surface area contributed by atoms with E-state index in [1.54, 1.807) is 25.5 Å². The maximum Gasteiger partial charge on any atom is 0.325 e. The van der Waals surface area contributed by atoms with Crippen LogP contribution in [0.1, 0.15) is 32.0 Å². The van der Waals surface area contributed by atoms with E-state index in [1.165, 1.54) is 4.90 Å². The number of urea groups is 1. The Morgan fingerprint density at radius 1 is 1.03 bits per heavy atom. The van der Waals surface area contributed by atoms with Crippen LogP contribution in [0, 0.1) is 13.8 Å². The second kappa shape index (κ2) is 12.0. The summed E-state index contributed by atoms with van der Waals surface area (Å²) in [5, 5.41) is 10.2. The van der Waals surface area contributed by atoms with Crippen molar-refractivity contribution in [1.29, 1.82) is 0 Å². The third-order valence-corrected chi connectivity index (χ3v) is 5.55. The van der Waals surface area contributed by atoms with Crippen LogP contribution in [-0.4, -0.2) is 58.3 Å². The van der Waals surface area contributed by atoms with Crippen molar-refractivity contribution in [2.75, 3.05) is 25.0 Å². The van der Waals surface area contributed by atoms with Gasteiger partial charge in [0.05, 0.1) is 18.0 Å². The van der Waals surface area contributed by atoms with Gasteiger partial charge >= 0.3 is 12.0 Å². The average Bonchev–Trinajstić information content (AvgIpc) is 3.17. The Morgan fingerprint density at radius 3 is 2.31 bits per heavy atom. The normalized spacial score (nSPS) is 10.7. The van der Waals surface area contributed by atoms with Crippen molar-refractivity contribution in [3.8, 4) is 16.8 Å². The van der Waals surface area contributed by atoms with Crippen molar-refractivity contribution in [3.63, 3.8) is 0 Å². The number of carbonyl (C=O) groups excluding carboxylic acids is 3. The van der Waals surface area contributed by atoms with Gasteiger partial charge in [0.25, 0.3) is 0 Å². The summed E-state index contributed by atoms with van der Waals surface area (Å²) < 4.78 is 6.56. The minimum atomic E-state index is -0.538. The highest BCUT2D eigenvalue weighted by Gasteiger charge is 2.24. The van der Waals surface area contributed by atoms with Gasteiger partial charge in [-0.25, -0.2) is 9.48 Å². The van der Waals surface area contributed by atoms with E-state index in [2.05, 4.69) is 10.6 Å². The predicted octanol–water partition coefficient (Wildman–Crippen LogP) is 4.08. The number of aromatic nitrogens is 2. The van der Waals surface area contributed by atoms with Crippen LogP contribution in [0.5, 0.6) is 0 Å². The summed E-state index contributed by atoms with van der Waals surface area (Å²) in [6, 6.07) is 16.7. The van der Waals surface area contributed by atoms with Gasteiger partial charge in [0.2, 0.25) is 5.91 Å². The molecule has 0 atom stereocenters. The number of esters is 1. The van der Waals surface area contributed by atoms with E-state index >= 15 is 0 Å². The monoisotopic (exact) mass is 491 g/mol. The average molecular weight is 492 g/mol. The second-order valence-electron chi connectivity index (χ2n) is 8.66. The molecule has 0 aliphatic carbocycles. The maximum atomic E-state index is 13.2. The summed E-state index contributed by atoms with van der Waals surface area (Å²) in [6.07, 6.45) is 0. The number of anilines is 1. The number of ether oxygens (including phenoxy) is 1. The Bertz CT molecular complexity index is 1200. The molecule has 9 nitrogen and oxygen atoms in total. The van der Waals surface area contributed by atoms with Crippen LogP contribution in [0.15, 0.2) is 54.6 Å². The first-order chi connectivity index (χ1) is 17.2. The maximum absolute atomic E-state index is 13.2. The molecule has 2 aromatic carbocycles. The molecular formula is C27H33N5O4. The van der Waals surface area contributed by atoms with Crippen LogP contribution in [-0.2, 0) is 14.3 Å². The zero-order valence-electron chi connectivity index (χ0n) is 21.4. The molecule has 0 saturated heterocycles. The van der Waals surface area contributed by atoms with Crippen LogP contribution in [0.3, 0.4) is 0 Å². The quantitative estimate of drug-likeness (QED) is 0.439. The number of carbonyl (C=O) groups is 3. The molecule has 0 aliphatic rings. The first-order valence-corrected chi connectivity index (χ1v) is 11.9. The number of nitrogens with one attached hydrogen (secondary N) is 2. The smallest absolute Gasteiger partial charge is 0.325 e. The standard InChI is InChI=1S/C27H33N5O4/c1-6-36-24(34)16-28-27(35)31(18(2)3)17-23(33)29-26-25(21-10-8-7-9-11-21)20(5)30-32(26)22-14-12-19(4)13-15-22/h7-15,18H,6,16-17H2,1-5H3,(H,28,35)(H,29,33). The van der Waals surface area contributed by atoms with Crippen LogP contribution < -0.4 is 10.6 Å². The van der Waals surface area contributed by atoms with Crippen molar-refractivity contribution >= 4 is 23.7 Å². The first-order valence-electron chi connectivity index (χ1n) is 11.9. The van der Waals surface area contributed by atoms with Crippen LogP contribution in [0.2, 0.25) is 0 Å². The van der Waals surface area contributed by atoms with E-state index in [-0.39, 0.29) is 31.6 Å². The van der Waals surface area contributed by atoms with Crippen LogP contribution in [0.25, 0.3) is 16.8 Å². The van der Waals surface area contributed by atoms with Gasteiger partial charge in [-0.2, -0.15) is 5.10 Å². The molecule has 1 aromatic heterocycles. The second-order valence-corrected chi connectivity index (χ2v) is 8.66. The third-order valence-electron chi connectivity index (χ3n) is 5.55. The SMILES string of the molecule is CCOC(=O)CNC(=O)N(CC(=O)Nc1c(-c2ccccc2)c(C)nn1-c1ccc(C)cc1)C(C)C. The minimum absolute atomic E-state index is 0.210. The summed E-state index contributed by atoms with van der Waals surface area (Å²) >= 11 is 0. The van der Waals surface area contributed by atoms with Crippen molar-refractivity contribution in [2.45, 2.75) is 40.7 Å². The first kappa shape index (κ1) is 26.5. The lowest BCUT2D eigenvalue weighted by atomic mass is 10.1. The summed E-state index contributed by atoms with van der Waals surface area (Å²) in [7, 11) is 0. The Hall–Kier alpha value is -4.14. The van der Waals surface area contributed by atoms with Gasteiger partial charge in [-0.3, -0.25) is 9.59 Å². The van der Waals surface area contributed by atoms with Crippen molar-refractivity contribution < 1.29 is 19.1 Å². The fraction of sp³-hybridized carbons (Fsp3) is 0.333. The number of aryl methyl sites for hydroxylation is 2. The van der Waals surface area contributed by atoms with Gasteiger partial charge in [0.15, 0.2) is 0 Å². The van der Waals surface area contributed by atoms with Crippen LogP contribution in [0.4, 0.5) is 10.6 Å². The van der Waals surface area contributed by atoms with E-state index in [4.69, 9.17) is 9.84 Å². The van der Waals surface area contributed by atoms with Gasteiger partial charge < -0.3 is 20.3 Å². The van der Waals surface area contributed by atoms with Crippen molar-refractivity contribution in [3.05, 3.63) is 65.9 Å². The van der Waals surface area contributed by atoms with Gasteiger partial charge in [-0.05, 0) is 52.3 Å². The van der Waals surface area contributed by atoms with Crippen molar-refractivity contribution in [2.24, 2.45) is 0 Å². The molecule has 0 radical (unpaired) electrons. The number of amides is 3. The zero-order chi connectivity index (χ0) is 26.2. The molecule has 1 heterocycles. The Balaban J connectivity index is 1.89. The molecule has 0 spiro atoms. The molecule has 36 heavy (non-hydrogen) atoms.